The highest BCUT2D eigenvalue weighted by Gasteiger charge is 2.52. The largest absolute Gasteiger partial charge is 0.498 e. The molecule has 2 fully saturated rings. The minimum Gasteiger partial charge on any atom is -0.399 e. The summed E-state index contributed by atoms with van der Waals surface area (Å²) in [5.41, 5.74) is 0.0489. The van der Waals surface area contributed by atoms with E-state index in [-0.39, 0.29) is 23.2 Å². The number of nitrogens with zero attached hydrogens (tertiary/aromatic N) is 4. The maximum atomic E-state index is 11.5. The van der Waals surface area contributed by atoms with Crippen molar-refractivity contribution in [2.24, 2.45) is 0 Å². The highest BCUT2D eigenvalue weighted by molar-refractivity contribution is 6.61. The Kier molecular flexibility index (Phi) is 4.53. The van der Waals surface area contributed by atoms with Crippen LogP contribution >= 0.6 is 0 Å². The lowest BCUT2D eigenvalue weighted by molar-refractivity contribution is -0.127. The number of rotatable bonds is 3. The van der Waals surface area contributed by atoms with Gasteiger partial charge in [0.2, 0.25) is 11.9 Å². The Morgan fingerprint density at radius 2 is 1.80 bits per heavy atom. The zero-order valence-corrected chi connectivity index (χ0v) is 15.9. The molecular formula is C17H27BN4O3. The third-order valence-corrected chi connectivity index (χ3v) is 5.66. The van der Waals surface area contributed by atoms with E-state index in [0.29, 0.717) is 12.5 Å². The summed E-state index contributed by atoms with van der Waals surface area (Å²) in [5, 5.41) is 0. The number of carbonyl (C=O) groups excluding carboxylic acids is 1. The van der Waals surface area contributed by atoms with Crippen molar-refractivity contribution in [1.29, 1.82) is 0 Å². The fraction of sp³-hybridized carbons (Fsp3) is 0.706. The van der Waals surface area contributed by atoms with Gasteiger partial charge in [-0.1, -0.05) is 0 Å². The van der Waals surface area contributed by atoms with E-state index in [2.05, 4.69) is 9.97 Å². The Bertz CT molecular complexity index is 634. The van der Waals surface area contributed by atoms with Crippen molar-refractivity contribution in [3.63, 3.8) is 0 Å². The molecule has 0 spiro atoms. The van der Waals surface area contributed by atoms with Crippen molar-refractivity contribution < 1.29 is 14.1 Å². The standard InChI is InChI=1S/C17H27BN4O3/c1-12(23)22-8-7-14(11-22)21(6)15-19-9-13(10-20-15)18-24-16(2,3)17(4,5)25-18/h9-10,14H,7-8,11H2,1-6H3. The van der Waals surface area contributed by atoms with Crippen molar-refractivity contribution in [2.75, 3.05) is 25.0 Å². The van der Waals surface area contributed by atoms with E-state index >= 15 is 0 Å². The summed E-state index contributed by atoms with van der Waals surface area (Å²) >= 11 is 0. The fourth-order valence-corrected chi connectivity index (χ4v) is 3.12. The molecule has 0 aliphatic carbocycles. The lowest BCUT2D eigenvalue weighted by atomic mass is 9.81. The fourth-order valence-electron chi connectivity index (χ4n) is 3.12. The smallest absolute Gasteiger partial charge is 0.399 e. The van der Waals surface area contributed by atoms with Gasteiger partial charge in [-0.05, 0) is 34.1 Å². The summed E-state index contributed by atoms with van der Waals surface area (Å²) in [6, 6.07) is 0.242. The Morgan fingerprint density at radius 3 is 2.28 bits per heavy atom. The molecule has 8 heteroatoms. The second-order valence-corrected chi connectivity index (χ2v) is 7.92. The topological polar surface area (TPSA) is 67.8 Å². The molecule has 0 bridgehead atoms. The first-order valence-electron chi connectivity index (χ1n) is 8.76. The molecule has 0 N–H and O–H groups in total. The van der Waals surface area contributed by atoms with Crippen molar-refractivity contribution in [3.05, 3.63) is 12.4 Å². The van der Waals surface area contributed by atoms with Crippen molar-refractivity contribution in [3.8, 4) is 0 Å². The molecule has 3 heterocycles. The number of aromatic nitrogens is 2. The lowest BCUT2D eigenvalue weighted by Gasteiger charge is -2.32. The van der Waals surface area contributed by atoms with Crippen LogP contribution in [0.1, 0.15) is 41.0 Å². The van der Waals surface area contributed by atoms with Crippen LogP contribution in [0.2, 0.25) is 0 Å². The number of anilines is 1. The molecule has 7 nitrogen and oxygen atoms in total. The van der Waals surface area contributed by atoms with E-state index in [9.17, 15) is 4.79 Å². The van der Waals surface area contributed by atoms with Gasteiger partial charge in [-0.2, -0.15) is 0 Å². The Labute approximate surface area is 149 Å². The molecule has 1 amide bonds. The molecule has 1 aromatic rings. The maximum absolute atomic E-state index is 11.5. The van der Waals surface area contributed by atoms with E-state index in [1.54, 1.807) is 19.3 Å². The summed E-state index contributed by atoms with van der Waals surface area (Å²) in [7, 11) is 1.52. The highest BCUT2D eigenvalue weighted by atomic mass is 16.7. The van der Waals surface area contributed by atoms with E-state index < -0.39 is 7.12 Å². The van der Waals surface area contributed by atoms with Crippen LogP contribution in [-0.4, -0.2) is 65.3 Å². The first-order chi connectivity index (χ1) is 11.6. The predicted octanol–water partition coefficient (Wildman–Crippen LogP) is 0.833. The molecule has 3 rings (SSSR count). The van der Waals surface area contributed by atoms with E-state index in [4.69, 9.17) is 9.31 Å². The summed E-state index contributed by atoms with van der Waals surface area (Å²) < 4.78 is 12.1. The molecular weight excluding hydrogens is 319 g/mol. The van der Waals surface area contributed by atoms with Gasteiger partial charge in [-0.15, -0.1) is 0 Å². The second-order valence-electron chi connectivity index (χ2n) is 7.92. The van der Waals surface area contributed by atoms with Crippen LogP contribution in [0, 0.1) is 0 Å². The molecule has 1 unspecified atom stereocenters. The van der Waals surface area contributed by atoms with Gasteiger partial charge in [0.1, 0.15) is 0 Å². The van der Waals surface area contributed by atoms with Crippen LogP contribution in [0.3, 0.4) is 0 Å². The van der Waals surface area contributed by atoms with Gasteiger partial charge in [0.15, 0.2) is 0 Å². The monoisotopic (exact) mass is 346 g/mol. The molecule has 136 valence electrons. The Balaban J connectivity index is 1.68. The Hall–Kier alpha value is -1.67. The lowest BCUT2D eigenvalue weighted by Crippen LogP contribution is -2.41. The molecule has 0 radical (unpaired) electrons. The van der Waals surface area contributed by atoms with Gasteiger partial charge < -0.3 is 19.1 Å². The van der Waals surface area contributed by atoms with E-state index in [1.807, 2.05) is 44.5 Å². The summed E-state index contributed by atoms with van der Waals surface area (Å²) in [5.74, 6) is 0.767. The molecule has 0 aromatic carbocycles. The Morgan fingerprint density at radius 1 is 1.24 bits per heavy atom. The minimum atomic E-state index is -0.455. The van der Waals surface area contributed by atoms with Crippen LogP contribution < -0.4 is 10.4 Å². The van der Waals surface area contributed by atoms with Crippen LogP contribution in [0.4, 0.5) is 5.95 Å². The summed E-state index contributed by atoms with van der Waals surface area (Å²) in [4.78, 5) is 24.4. The number of likely N-dealkylation sites (N-methyl/N-ethyl adjacent to an activating group) is 1. The number of hydrogen-bond donors (Lipinski definition) is 0. The average molecular weight is 346 g/mol. The highest BCUT2D eigenvalue weighted by Crippen LogP contribution is 2.36. The third-order valence-electron chi connectivity index (χ3n) is 5.66. The predicted molar refractivity (Wildman–Crippen MR) is 96.8 cm³/mol. The van der Waals surface area contributed by atoms with Gasteiger partial charge in [-0.3, -0.25) is 4.79 Å². The number of amides is 1. The first-order valence-corrected chi connectivity index (χ1v) is 8.76. The molecule has 1 atom stereocenters. The van der Waals surface area contributed by atoms with Gasteiger partial charge in [0.25, 0.3) is 0 Å². The van der Waals surface area contributed by atoms with Gasteiger partial charge in [-0.25, -0.2) is 9.97 Å². The molecule has 25 heavy (non-hydrogen) atoms. The molecule has 2 aliphatic heterocycles. The van der Waals surface area contributed by atoms with Crippen LogP contribution in [0.15, 0.2) is 12.4 Å². The van der Waals surface area contributed by atoms with Gasteiger partial charge >= 0.3 is 7.12 Å². The number of likely N-dealkylation sites (tertiary alicyclic amines) is 1. The maximum Gasteiger partial charge on any atom is 0.498 e. The van der Waals surface area contributed by atoms with Crippen LogP contribution in [-0.2, 0) is 14.1 Å². The third kappa shape index (κ3) is 3.37. The molecule has 1 aromatic heterocycles. The average Bonchev–Trinajstić information content (AvgIpc) is 3.10. The molecule has 0 saturated carbocycles. The van der Waals surface area contributed by atoms with E-state index in [0.717, 1.165) is 18.4 Å². The minimum absolute atomic E-state index is 0.118. The van der Waals surface area contributed by atoms with Crippen LogP contribution in [0.5, 0.6) is 0 Å². The molecule has 2 aliphatic rings. The second kappa shape index (κ2) is 6.25. The van der Waals surface area contributed by atoms with Crippen LogP contribution in [0.25, 0.3) is 0 Å². The first kappa shape index (κ1) is 18.1. The molecule has 2 saturated heterocycles. The normalized spacial score (nSPS) is 24.6. The zero-order valence-electron chi connectivity index (χ0n) is 15.9. The van der Waals surface area contributed by atoms with E-state index in [1.165, 1.54) is 0 Å². The van der Waals surface area contributed by atoms with Crippen molar-refractivity contribution in [1.82, 2.24) is 14.9 Å². The zero-order chi connectivity index (χ0) is 18.4. The van der Waals surface area contributed by atoms with Gasteiger partial charge in [0.05, 0.1) is 17.2 Å². The summed E-state index contributed by atoms with van der Waals surface area (Å²) in [6.45, 7) is 11.2. The van der Waals surface area contributed by atoms with Crippen molar-refractivity contribution >= 4 is 24.4 Å². The SMILES string of the molecule is CC(=O)N1CCC(N(C)c2ncc(B3OC(C)(C)C(C)(C)O3)cn2)C1. The van der Waals surface area contributed by atoms with Crippen molar-refractivity contribution in [2.45, 2.75) is 58.3 Å². The van der Waals surface area contributed by atoms with Gasteiger partial charge in [0, 0.05) is 44.9 Å². The number of hydrogen-bond acceptors (Lipinski definition) is 6. The quantitative estimate of drug-likeness (QED) is 0.756. The summed E-state index contributed by atoms with van der Waals surface area (Å²) in [6.07, 6.45) is 4.45. The number of carbonyl (C=O) groups is 1.